The van der Waals surface area contributed by atoms with Gasteiger partial charge in [-0.3, -0.25) is 9.98 Å². The number of hydrogen-bond acceptors (Lipinski definition) is 6. The Morgan fingerprint density at radius 2 is 2.15 bits per heavy atom. The topological polar surface area (TPSA) is 122 Å². The largest absolute Gasteiger partial charge is 0.495 e. The third kappa shape index (κ3) is 6.29. The van der Waals surface area contributed by atoms with E-state index in [4.69, 9.17) is 48.9 Å². The molecule has 0 amide bonds. The van der Waals surface area contributed by atoms with Gasteiger partial charge in [0.2, 0.25) is 5.79 Å². The van der Waals surface area contributed by atoms with E-state index in [0.29, 0.717) is 48.5 Å². The molecule has 1 aromatic heterocycles. The molecule has 4 N–H and O–H groups in total. The minimum absolute atomic E-state index is 0.0879. The molecule has 9 nitrogen and oxygen atoms in total. The second-order valence-corrected chi connectivity index (χ2v) is 8.95. The van der Waals surface area contributed by atoms with E-state index in [-0.39, 0.29) is 12.1 Å². The molecule has 2 atom stereocenters. The van der Waals surface area contributed by atoms with Gasteiger partial charge in [-0.15, -0.1) is 0 Å². The first kappa shape index (κ1) is 24.5. The fourth-order valence-electron chi connectivity index (χ4n) is 3.94. The average molecular weight is 507 g/mol. The number of hydrogen-bond donors (Lipinski definition) is 2. The number of aliphatic imine (C=N–C) groups is 2. The molecule has 2 aliphatic rings. The molecule has 1 saturated heterocycles. The van der Waals surface area contributed by atoms with Crippen molar-refractivity contribution in [2.24, 2.45) is 21.5 Å². The maximum absolute atomic E-state index is 6.52. The number of allylic oxidation sites excluding steroid dienone is 2. The fourth-order valence-corrected chi connectivity index (χ4v) is 4.49. The van der Waals surface area contributed by atoms with Crippen LogP contribution in [0.3, 0.4) is 0 Å². The zero-order valence-corrected chi connectivity index (χ0v) is 20.2. The predicted molar refractivity (Wildman–Crippen MR) is 132 cm³/mol. The van der Waals surface area contributed by atoms with E-state index in [2.05, 4.69) is 21.0 Å². The lowest BCUT2D eigenvalue weighted by Crippen LogP contribution is -2.34. The van der Waals surface area contributed by atoms with Crippen LogP contribution in [0.1, 0.15) is 24.8 Å². The highest BCUT2D eigenvalue weighted by molar-refractivity contribution is 6.35. The zero-order valence-electron chi connectivity index (χ0n) is 18.7. The third-order valence-corrected chi connectivity index (χ3v) is 6.11. The van der Waals surface area contributed by atoms with Crippen molar-refractivity contribution in [1.82, 2.24) is 9.55 Å². The normalized spacial score (nSPS) is 23.6. The van der Waals surface area contributed by atoms with Crippen molar-refractivity contribution >= 4 is 34.9 Å². The van der Waals surface area contributed by atoms with Crippen LogP contribution in [0.4, 0.5) is 0 Å². The zero-order chi connectivity index (χ0) is 24.0. The van der Waals surface area contributed by atoms with Gasteiger partial charge in [-0.2, -0.15) is 0 Å². The van der Waals surface area contributed by atoms with E-state index >= 15 is 0 Å². The van der Waals surface area contributed by atoms with Gasteiger partial charge in [-0.05, 0) is 24.6 Å². The maximum Gasteiger partial charge on any atom is 0.215 e. The summed E-state index contributed by atoms with van der Waals surface area (Å²) in [6.07, 6.45) is 9.47. The molecular formula is C23H28Cl2N6O3. The molecule has 34 heavy (non-hydrogen) atoms. The lowest BCUT2D eigenvalue weighted by Gasteiger charge is -2.30. The SMILES string of the molecule is NC(N)=NCCN=C1CC=C(OCC2COC(Cn3ccnc3)(c3ccc(Cl)cc3Cl)O2)CC1. The summed E-state index contributed by atoms with van der Waals surface area (Å²) in [5.74, 6) is -0.0413. The lowest BCUT2D eigenvalue weighted by atomic mass is 10.0. The van der Waals surface area contributed by atoms with Crippen molar-refractivity contribution in [1.29, 1.82) is 0 Å². The van der Waals surface area contributed by atoms with Gasteiger partial charge < -0.3 is 30.2 Å². The van der Waals surface area contributed by atoms with Crippen molar-refractivity contribution in [2.75, 3.05) is 26.3 Å². The maximum atomic E-state index is 6.52. The highest BCUT2D eigenvalue weighted by Gasteiger charge is 2.45. The Morgan fingerprint density at radius 1 is 1.26 bits per heavy atom. The number of aromatic nitrogens is 2. The number of imidazole rings is 1. The molecule has 2 unspecified atom stereocenters. The van der Waals surface area contributed by atoms with Crippen molar-refractivity contribution in [3.05, 3.63) is 64.4 Å². The van der Waals surface area contributed by atoms with E-state index in [1.165, 1.54) is 0 Å². The second-order valence-electron chi connectivity index (χ2n) is 8.10. The Bertz CT molecular complexity index is 1070. The van der Waals surface area contributed by atoms with Crippen LogP contribution in [0.5, 0.6) is 0 Å². The Hall–Kier alpha value is -2.59. The number of rotatable bonds is 9. The van der Waals surface area contributed by atoms with Gasteiger partial charge in [-0.1, -0.05) is 29.3 Å². The first-order valence-electron chi connectivity index (χ1n) is 11.1. The number of benzene rings is 1. The molecule has 11 heteroatoms. The smallest absolute Gasteiger partial charge is 0.215 e. The molecule has 4 rings (SSSR count). The van der Waals surface area contributed by atoms with Gasteiger partial charge in [0, 0.05) is 41.5 Å². The Labute approximate surface area is 208 Å². The Morgan fingerprint density at radius 3 is 2.85 bits per heavy atom. The molecule has 0 radical (unpaired) electrons. The molecule has 2 aromatic rings. The summed E-state index contributed by atoms with van der Waals surface area (Å²) in [6.45, 7) is 2.22. The van der Waals surface area contributed by atoms with Gasteiger partial charge in [0.25, 0.3) is 0 Å². The molecule has 1 aliphatic carbocycles. The molecule has 1 fully saturated rings. The van der Waals surface area contributed by atoms with Crippen molar-refractivity contribution in [2.45, 2.75) is 37.7 Å². The van der Waals surface area contributed by atoms with E-state index in [9.17, 15) is 0 Å². The average Bonchev–Trinajstić information content (AvgIpc) is 3.47. The number of nitrogens with two attached hydrogens (primary N) is 2. The van der Waals surface area contributed by atoms with Crippen LogP contribution in [0.15, 0.2) is 58.7 Å². The second kappa shape index (κ2) is 11.2. The van der Waals surface area contributed by atoms with Crippen LogP contribution in [-0.2, 0) is 26.5 Å². The summed E-state index contributed by atoms with van der Waals surface area (Å²) in [6, 6.07) is 5.30. The molecule has 2 heterocycles. The monoisotopic (exact) mass is 506 g/mol. The molecular weight excluding hydrogens is 479 g/mol. The van der Waals surface area contributed by atoms with Gasteiger partial charge in [0.05, 0.1) is 43.4 Å². The summed E-state index contributed by atoms with van der Waals surface area (Å²) in [4.78, 5) is 12.6. The molecule has 182 valence electrons. The number of guanidine groups is 1. The summed E-state index contributed by atoms with van der Waals surface area (Å²) < 4.78 is 20.6. The van der Waals surface area contributed by atoms with E-state index in [0.717, 1.165) is 30.7 Å². The third-order valence-electron chi connectivity index (χ3n) is 5.56. The minimum atomic E-state index is -1.06. The van der Waals surface area contributed by atoms with Crippen LogP contribution < -0.4 is 11.5 Å². The standard InChI is InChI=1S/C23H28Cl2N6O3/c24-16-1-6-20(21(25)11-16)23(14-31-10-9-28-15-31)33-13-19(34-23)12-32-18-4-2-17(3-5-18)29-7-8-30-22(26)27/h1,4,6,9-11,15,19H,2-3,5,7-8,12-14H2,(H4,26,27,30). The van der Waals surface area contributed by atoms with Gasteiger partial charge in [-0.25, -0.2) is 4.98 Å². The van der Waals surface area contributed by atoms with Gasteiger partial charge >= 0.3 is 0 Å². The molecule has 0 saturated carbocycles. The van der Waals surface area contributed by atoms with Crippen molar-refractivity contribution < 1.29 is 14.2 Å². The molecule has 1 aromatic carbocycles. The van der Waals surface area contributed by atoms with Crippen molar-refractivity contribution in [3.8, 4) is 0 Å². The Balaban J connectivity index is 1.36. The van der Waals surface area contributed by atoms with Crippen LogP contribution in [0.2, 0.25) is 10.0 Å². The van der Waals surface area contributed by atoms with Crippen LogP contribution in [-0.4, -0.2) is 53.6 Å². The minimum Gasteiger partial charge on any atom is -0.495 e. The fraction of sp³-hybridized carbons (Fsp3) is 0.435. The summed E-state index contributed by atoms with van der Waals surface area (Å²) >= 11 is 12.6. The first-order chi connectivity index (χ1) is 16.4. The van der Waals surface area contributed by atoms with Crippen LogP contribution >= 0.6 is 23.2 Å². The van der Waals surface area contributed by atoms with E-state index in [1.807, 2.05) is 16.8 Å². The Kier molecular flexibility index (Phi) is 8.10. The predicted octanol–water partition coefficient (Wildman–Crippen LogP) is 3.26. The van der Waals surface area contributed by atoms with Crippen molar-refractivity contribution in [3.63, 3.8) is 0 Å². The van der Waals surface area contributed by atoms with Crippen LogP contribution in [0, 0.1) is 0 Å². The number of nitrogens with zero attached hydrogens (tertiary/aromatic N) is 4. The number of halogens is 2. The molecule has 1 aliphatic heterocycles. The highest BCUT2D eigenvalue weighted by Crippen LogP contribution is 2.40. The quantitative estimate of drug-likeness (QED) is 0.305. The first-order valence-corrected chi connectivity index (χ1v) is 11.8. The summed E-state index contributed by atoms with van der Waals surface area (Å²) in [5.41, 5.74) is 12.5. The summed E-state index contributed by atoms with van der Waals surface area (Å²) in [7, 11) is 0. The van der Waals surface area contributed by atoms with Gasteiger partial charge in [0.15, 0.2) is 5.96 Å². The van der Waals surface area contributed by atoms with E-state index in [1.54, 1.807) is 24.7 Å². The summed E-state index contributed by atoms with van der Waals surface area (Å²) in [5, 5.41) is 1.03. The molecule has 0 bridgehead atoms. The highest BCUT2D eigenvalue weighted by atomic mass is 35.5. The van der Waals surface area contributed by atoms with Crippen LogP contribution in [0.25, 0.3) is 0 Å². The number of ether oxygens (including phenoxy) is 3. The van der Waals surface area contributed by atoms with Gasteiger partial charge in [0.1, 0.15) is 12.7 Å². The molecule has 0 spiro atoms. The lowest BCUT2D eigenvalue weighted by molar-refractivity contribution is -0.190. The van der Waals surface area contributed by atoms with E-state index < -0.39 is 5.79 Å².